The van der Waals surface area contributed by atoms with Gasteiger partial charge < -0.3 is 5.32 Å². The Morgan fingerprint density at radius 2 is 1.61 bits per heavy atom. The van der Waals surface area contributed by atoms with Gasteiger partial charge in [-0.3, -0.25) is 4.79 Å². The largest absolute Gasteiger partial charge is 0.349 e. The molecule has 0 saturated carbocycles. The van der Waals surface area contributed by atoms with Crippen LogP contribution in [0.15, 0.2) is 72.8 Å². The summed E-state index contributed by atoms with van der Waals surface area (Å²) >= 11 is 0. The van der Waals surface area contributed by atoms with E-state index < -0.39 is 0 Å². The second-order valence-corrected chi connectivity index (χ2v) is 5.80. The average Bonchev–Trinajstić information content (AvgIpc) is 2.61. The van der Waals surface area contributed by atoms with Crippen LogP contribution in [0.1, 0.15) is 29.3 Å². The van der Waals surface area contributed by atoms with Crippen LogP contribution in [-0.4, -0.2) is 11.9 Å². The van der Waals surface area contributed by atoms with Crippen molar-refractivity contribution in [3.05, 3.63) is 83.9 Å². The Balaban J connectivity index is 1.79. The number of amides is 1. The molecule has 1 N–H and O–H groups in total. The summed E-state index contributed by atoms with van der Waals surface area (Å²) in [6, 6.07) is 24.3. The lowest BCUT2D eigenvalue weighted by atomic mass is 10.0. The smallest absolute Gasteiger partial charge is 0.252 e. The van der Waals surface area contributed by atoms with Crippen LogP contribution >= 0.6 is 0 Å². The van der Waals surface area contributed by atoms with Gasteiger partial charge in [-0.05, 0) is 35.2 Å². The standard InChI is InChI=1S/C21H21NO/c1-2-18(15-16-9-4-3-5-10-16)22-21(23)20-14-8-12-17-11-6-7-13-19(17)20/h3-14,18H,2,15H2,1H3,(H,22,23)/t18-/m1/s1. The predicted octanol–water partition coefficient (Wildman–Crippen LogP) is 4.59. The van der Waals surface area contributed by atoms with E-state index in [4.69, 9.17) is 0 Å². The lowest BCUT2D eigenvalue weighted by Gasteiger charge is -2.18. The van der Waals surface area contributed by atoms with Crippen molar-refractivity contribution in [3.8, 4) is 0 Å². The SMILES string of the molecule is CC[C@H](Cc1ccccc1)NC(=O)c1cccc2ccccc12. The number of hydrogen-bond donors (Lipinski definition) is 1. The Labute approximate surface area is 137 Å². The van der Waals surface area contributed by atoms with Gasteiger partial charge in [0, 0.05) is 11.6 Å². The number of carbonyl (C=O) groups is 1. The number of fused-ring (bicyclic) bond motifs is 1. The first-order valence-corrected chi connectivity index (χ1v) is 8.10. The van der Waals surface area contributed by atoms with Gasteiger partial charge in [0.15, 0.2) is 0 Å². The molecule has 0 spiro atoms. The lowest BCUT2D eigenvalue weighted by molar-refractivity contribution is 0.0937. The Morgan fingerprint density at radius 3 is 2.39 bits per heavy atom. The van der Waals surface area contributed by atoms with Gasteiger partial charge in [-0.1, -0.05) is 73.7 Å². The van der Waals surface area contributed by atoms with Gasteiger partial charge in [0.05, 0.1) is 0 Å². The van der Waals surface area contributed by atoms with Crippen molar-refractivity contribution in [1.29, 1.82) is 0 Å². The Morgan fingerprint density at radius 1 is 0.913 bits per heavy atom. The van der Waals surface area contributed by atoms with E-state index in [-0.39, 0.29) is 11.9 Å². The highest BCUT2D eigenvalue weighted by Gasteiger charge is 2.14. The monoisotopic (exact) mass is 303 g/mol. The van der Waals surface area contributed by atoms with Gasteiger partial charge in [0.25, 0.3) is 5.91 Å². The summed E-state index contributed by atoms with van der Waals surface area (Å²) in [5.41, 5.74) is 1.99. The minimum atomic E-state index is 0.00424. The van der Waals surface area contributed by atoms with Crippen LogP contribution < -0.4 is 5.32 Å². The molecule has 1 atom stereocenters. The number of benzene rings is 3. The normalized spacial score (nSPS) is 12.0. The topological polar surface area (TPSA) is 29.1 Å². The molecule has 116 valence electrons. The van der Waals surface area contributed by atoms with Gasteiger partial charge >= 0.3 is 0 Å². The third-order valence-corrected chi connectivity index (χ3v) is 4.19. The molecule has 2 heteroatoms. The van der Waals surface area contributed by atoms with E-state index in [1.807, 2.05) is 60.7 Å². The minimum absolute atomic E-state index is 0.00424. The Hall–Kier alpha value is -2.61. The van der Waals surface area contributed by atoms with Crippen molar-refractivity contribution in [2.24, 2.45) is 0 Å². The summed E-state index contributed by atoms with van der Waals surface area (Å²) in [6.45, 7) is 2.11. The third kappa shape index (κ3) is 3.59. The van der Waals surface area contributed by atoms with Gasteiger partial charge in [-0.25, -0.2) is 0 Å². The highest BCUT2D eigenvalue weighted by molar-refractivity contribution is 6.07. The molecule has 23 heavy (non-hydrogen) atoms. The molecule has 3 rings (SSSR count). The first-order chi connectivity index (χ1) is 11.3. The maximum Gasteiger partial charge on any atom is 0.252 e. The highest BCUT2D eigenvalue weighted by atomic mass is 16.1. The summed E-state index contributed by atoms with van der Waals surface area (Å²) in [5.74, 6) is 0.00424. The predicted molar refractivity (Wildman–Crippen MR) is 95.6 cm³/mol. The highest BCUT2D eigenvalue weighted by Crippen LogP contribution is 2.18. The quantitative estimate of drug-likeness (QED) is 0.734. The fourth-order valence-corrected chi connectivity index (χ4v) is 2.88. The van der Waals surface area contributed by atoms with Gasteiger partial charge in [0.1, 0.15) is 0 Å². The molecule has 0 saturated heterocycles. The van der Waals surface area contributed by atoms with E-state index in [9.17, 15) is 4.79 Å². The molecule has 0 aliphatic heterocycles. The third-order valence-electron chi connectivity index (χ3n) is 4.19. The summed E-state index contributed by atoms with van der Waals surface area (Å²) < 4.78 is 0. The van der Waals surface area contributed by atoms with Crippen LogP contribution in [0.25, 0.3) is 10.8 Å². The lowest BCUT2D eigenvalue weighted by Crippen LogP contribution is -2.36. The van der Waals surface area contributed by atoms with Crippen LogP contribution in [0.2, 0.25) is 0 Å². The minimum Gasteiger partial charge on any atom is -0.349 e. The van der Waals surface area contributed by atoms with Crippen LogP contribution in [-0.2, 0) is 6.42 Å². The molecule has 1 amide bonds. The van der Waals surface area contributed by atoms with Crippen LogP contribution in [0.4, 0.5) is 0 Å². The number of carbonyl (C=O) groups excluding carboxylic acids is 1. The summed E-state index contributed by atoms with van der Waals surface area (Å²) in [5, 5.41) is 5.28. The van der Waals surface area contributed by atoms with E-state index in [2.05, 4.69) is 24.4 Å². The second kappa shape index (κ2) is 7.10. The Kier molecular flexibility index (Phi) is 4.72. The molecule has 0 bridgehead atoms. The van der Waals surface area contributed by atoms with Crippen molar-refractivity contribution in [1.82, 2.24) is 5.32 Å². The van der Waals surface area contributed by atoms with E-state index in [0.717, 1.165) is 29.2 Å². The molecular formula is C21H21NO. The fourth-order valence-electron chi connectivity index (χ4n) is 2.88. The zero-order valence-corrected chi connectivity index (χ0v) is 13.3. The van der Waals surface area contributed by atoms with Crippen molar-refractivity contribution in [3.63, 3.8) is 0 Å². The number of hydrogen-bond acceptors (Lipinski definition) is 1. The second-order valence-electron chi connectivity index (χ2n) is 5.80. The Bertz CT molecular complexity index is 790. The molecule has 0 aromatic heterocycles. The zero-order valence-electron chi connectivity index (χ0n) is 13.3. The van der Waals surface area contributed by atoms with Gasteiger partial charge in [-0.2, -0.15) is 0 Å². The van der Waals surface area contributed by atoms with Crippen molar-refractivity contribution < 1.29 is 4.79 Å². The zero-order chi connectivity index (χ0) is 16.1. The number of nitrogens with one attached hydrogen (secondary N) is 1. The maximum atomic E-state index is 12.7. The molecule has 2 nitrogen and oxygen atoms in total. The summed E-state index contributed by atoms with van der Waals surface area (Å²) in [7, 11) is 0. The van der Waals surface area contributed by atoms with Crippen molar-refractivity contribution in [2.45, 2.75) is 25.8 Å². The van der Waals surface area contributed by atoms with E-state index in [1.165, 1.54) is 5.56 Å². The van der Waals surface area contributed by atoms with Gasteiger partial charge in [0.2, 0.25) is 0 Å². The molecule has 0 aliphatic rings. The van der Waals surface area contributed by atoms with Crippen LogP contribution in [0.3, 0.4) is 0 Å². The molecule has 3 aromatic rings. The first kappa shape index (κ1) is 15.3. The first-order valence-electron chi connectivity index (χ1n) is 8.10. The van der Waals surface area contributed by atoms with Crippen LogP contribution in [0.5, 0.6) is 0 Å². The molecule has 0 radical (unpaired) electrons. The van der Waals surface area contributed by atoms with Crippen molar-refractivity contribution in [2.75, 3.05) is 0 Å². The maximum absolute atomic E-state index is 12.7. The van der Waals surface area contributed by atoms with Crippen molar-refractivity contribution >= 4 is 16.7 Å². The van der Waals surface area contributed by atoms with Gasteiger partial charge in [-0.15, -0.1) is 0 Å². The van der Waals surface area contributed by atoms with E-state index in [0.29, 0.717) is 0 Å². The molecule has 0 unspecified atom stereocenters. The fraction of sp³-hybridized carbons (Fsp3) is 0.190. The molecule has 0 fully saturated rings. The molecule has 0 heterocycles. The molecular weight excluding hydrogens is 282 g/mol. The summed E-state index contributed by atoms with van der Waals surface area (Å²) in [6.07, 6.45) is 1.76. The number of rotatable bonds is 5. The summed E-state index contributed by atoms with van der Waals surface area (Å²) in [4.78, 5) is 12.7. The molecule has 3 aromatic carbocycles. The van der Waals surface area contributed by atoms with Crippen LogP contribution in [0, 0.1) is 0 Å². The van der Waals surface area contributed by atoms with E-state index in [1.54, 1.807) is 0 Å². The molecule has 0 aliphatic carbocycles. The average molecular weight is 303 g/mol. The van der Waals surface area contributed by atoms with E-state index >= 15 is 0 Å².